The van der Waals surface area contributed by atoms with Gasteiger partial charge in [-0.25, -0.2) is 10.2 Å². The van der Waals surface area contributed by atoms with Gasteiger partial charge in [-0.1, -0.05) is 12.1 Å². The number of non-ortho nitro benzene ring substituents is 1. The van der Waals surface area contributed by atoms with Gasteiger partial charge in [-0.15, -0.1) is 0 Å². The molecule has 0 spiro atoms. The number of hydrogen-bond donors (Lipinski definition) is 2. The Bertz CT molecular complexity index is 456. The third kappa shape index (κ3) is 3.05. The number of hydrogen-bond acceptors (Lipinski definition) is 4. The van der Waals surface area contributed by atoms with Gasteiger partial charge in [-0.2, -0.15) is 5.10 Å². The summed E-state index contributed by atoms with van der Waals surface area (Å²) < 4.78 is 0. The number of carbonyl (C=O) groups is 1. The Morgan fingerprint density at radius 3 is 2.81 bits per heavy atom. The lowest BCUT2D eigenvalue weighted by Crippen LogP contribution is -2.25. The largest absolute Gasteiger partial charge is 0.350 e. The second kappa shape index (κ2) is 4.87. The number of amides is 2. The second-order valence-electron chi connectivity index (χ2n) is 2.98. The molecule has 0 aliphatic carbocycles. The lowest BCUT2D eigenvalue weighted by molar-refractivity contribution is -0.384. The molecule has 0 unspecified atom stereocenters. The summed E-state index contributed by atoms with van der Waals surface area (Å²) in [6, 6.07) is 5.13. The van der Waals surface area contributed by atoms with Crippen molar-refractivity contribution in [1.82, 2.24) is 5.43 Å². The zero-order valence-corrected chi connectivity index (χ0v) is 8.51. The van der Waals surface area contributed by atoms with Gasteiger partial charge in [0.05, 0.1) is 10.6 Å². The van der Waals surface area contributed by atoms with Gasteiger partial charge in [0.25, 0.3) is 5.69 Å². The number of nitro groups is 1. The highest BCUT2D eigenvalue weighted by Gasteiger charge is 2.07. The van der Waals surface area contributed by atoms with Crippen LogP contribution in [0.2, 0.25) is 0 Å². The molecule has 7 nitrogen and oxygen atoms in total. The van der Waals surface area contributed by atoms with Crippen molar-refractivity contribution in [3.63, 3.8) is 0 Å². The second-order valence-corrected chi connectivity index (χ2v) is 2.98. The van der Waals surface area contributed by atoms with Crippen molar-refractivity contribution in [2.24, 2.45) is 10.8 Å². The topological polar surface area (TPSA) is 111 Å². The Morgan fingerprint density at radius 1 is 1.56 bits per heavy atom. The summed E-state index contributed by atoms with van der Waals surface area (Å²) in [5, 5.41) is 14.2. The van der Waals surface area contributed by atoms with Crippen molar-refractivity contribution in [1.29, 1.82) is 0 Å². The van der Waals surface area contributed by atoms with Crippen LogP contribution in [0.3, 0.4) is 0 Å². The van der Waals surface area contributed by atoms with Gasteiger partial charge in [-0.3, -0.25) is 10.1 Å². The molecule has 0 radical (unpaired) electrons. The number of hydrazone groups is 1. The van der Waals surface area contributed by atoms with Crippen LogP contribution in [0.15, 0.2) is 29.4 Å². The smallest absolute Gasteiger partial charge is 0.332 e. The van der Waals surface area contributed by atoms with Gasteiger partial charge >= 0.3 is 6.03 Å². The van der Waals surface area contributed by atoms with E-state index in [0.717, 1.165) is 0 Å². The van der Waals surface area contributed by atoms with Gasteiger partial charge in [0.2, 0.25) is 0 Å². The number of nitrogens with one attached hydrogen (secondary N) is 1. The molecule has 16 heavy (non-hydrogen) atoms. The van der Waals surface area contributed by atoms with Gasteiger partial charge in [0, 0.05) is 17.7 Å². The number of nitrogens with zero attached hydrogens (tertiary/aromatic N) is 2. The Hall–Kier alpha value is -2.44. The fourth-order valence-corrected chi connectivity index (χ4v) is 1.05. The number of nitrogens with two attached hydrogens (primary N) is 1. The maximum Gasteiger partial charge on any atom is 0.332 e. The summed E-state index contributed by atoms with van der Waals surface area (Å²) in [5.74, 6) is 0. The maximum atomic E-state index is 10.5. The van der Waals surface area contributed by atoms with Crippen molar-refractivity contribution < 1.29 is 9.72 Å². The number of nitro benzene ring substituents is 1. The number of urea groups is 1. The number of carbonyl (C=O) groups excluding carboxylic acids is 1. The number of rotatable bonds is 3. The summed E-state index contributed by atoms with van der Waals surface area (Å²) >= 11 is 0. The predicted octanol–water partition coefficient (Wildman–Crippen LogP) is 0.987. The van der Waals surface area contributed by atoms with E-state index in [9.17, 15) is 14.9 Å². The molecule has 1 aromatic carbocycles. The third-order valence-corrected chi connectivity index (χ3v) is 1.81. The fraction of sp³-hybridized carbons (Fsp3) is 0.111. The van der Waals surface area contributed by atoms with Gasteiger partial charge in [0.1, 0.15) is 0 Å². The molecule has 0 aliphatic heterocycles. The van der Waals surface area contributed by atoms with Crippen molar-refractivity contribution in [2.75, 3.05) is 0 Å². The molecule has 1 rings (SSSR count). The van der Waals surface area contributed by atoms with Crippen LogP contribution in [0.5, 0.6) is 0 Å². The molecule has 3 N–H and O–H groups in total. The monoisotopic (exact) mass is 222 g/mol. The Labute approximate surface area is 91.1 Å². The van der Waals surface area contributed by atoms with E-state index in [4.69, 9.17) is 5.73 Å². The van der Waals surface area contributed by atoms with E-state index in [0.29, 0.717) is 11.3 Å². The maximum absolute atomic E-state index is 10.5. The molecule has 1 aromatic rings. The fourth-order valence-electron chi connectivity index (χ4n) is 1.05. The van der Waals surface area contributed by atoms with Gasteiger partial charge in [-0.05, 0) is 6.92 Å². The summed E-state index contributed by atoms with van der Waals surface area (Å²) in [4.78, 5) is 20.4. The van der Waals surface area contributed by atoms with E-state index < -0.39 is 11.0 Å². The van der Waals surface area contributed by atoms with E-state index in [1.165, 1.54) is 18.2 Å². The van der Waals surface area contributed by atoms with Crippen molar-refractivity contribution >= 4 is 17.4 Å². The Balaban J connectivity index is 2.95. The minimum atomic E-state index is -0.787. The quantitative estimate of drug-likeness (QED) is 0.451. The zero-order chi connectivity index (χ0) is 12.1. The van der Waals surface area contributed by atoms with Crippen LogP contribution < -0.4 is 11.2 Å². The normalized spacial score (nSPS) is 10.9. The van der Waals surface area contributed by atoms with Crippen LogP contribution in [0.4, 0.5) is 10.5 Å². The van der Waals surface area contributed by atoms with Gasteiger partial charge < -0.3 is 5.73 Å². The average Bonchev–Trinajstić information content (AvgIpc) is 2.26. The van der Waals surface area contributed by atoms with E-state index in [1.807, 2.05) is 5.43 Å². The third-order valence-electron chi connectivity index (χ3n) is 1.81. The molecule has 0 saturated carbocycles. The first kappa shape index (κ1) is 11.6. The van der Waals surface area contributed by atoms with Crippen molar-refractivity contribution in [2.45, 2.75) is 6.92 Å². The molecular weight excluding hydrogens is 212 g/mol. The lowest BCUT2D eigenvalue weighted by atomic mass is 10.1. The van der Waals surface area contributed by atoms with Crippen LogP contribution >= 0.6 is 0 Å². The van der Waals surface area contributed by atoms with Crippen molar-refractivity contribution in [3.05, 3.63) is 39.9 Å². The van der Waals surface area contributed by atoms with Crippen LogP contribution in [0.25, 0.3) is 0 Å². The van der Waals surface area contributed by atoms with E-state index in [1.54, 1.807) is 13.0 Å². The molecule has 84 valence electrons. The van der Waals surface area contributed by atoms with E-state index in [-0.39, 0.29) is 5.69 Å². The van der Waals surface area contributed by atoms with Crippen LogP contribution in [0.1, 0.15) is 12.5 Å². The van der Waals surface area contributed by atoms with Crippen molar-refractivity contribution in [3.8, 4) is 0 Å². The summed E-state index contributed by atoms with van der Waals surface area (Å²) in [6.45, 7) is 1.61. The minimum Gasteiger partial charge on any atom is -0.350 e. The highest BCUT2D eigenvalue weighted by atomic mass is 16.6. The number of benzene rings is 1. The lowest BCUT2D eigenvalue weighted by Gasteiger charge is -2.00. The molecule has 0 fully saturated rings. The zero-order valence-electron chi connectivity index (χ0n) is 8.51. The van der Waals surface area contributed by atoms with Gasteiger partial charge in [0.15, 0.2) is 0 Å². The minimum absolute atomic E-state index is 0.0360. The molecule has 7 heteroatoms. The molecule has 0 aliphatic rings. The first-order valence-electron chi connectivity index (χ1n) is 4.35. The molecule has 0 aromatic heterocycles. The Morgan fingerprint density at radius 2 is 2.25 bits per heavy atom. The van der Waals surface area contributed by atoms with E-state index in [2.05, 4.69) is 5.10 Å². The highest BCUT2D eigenvalue weighted by molar-refractivity contribution is 5.99. The molecule has 0 saturated heterocycles. The summed E-state index contributed by atoms with van der Waals surface area (Å²) in [5.41, 5.74) is 7.82. The molecule has 0 heterocycles. The standard InChI is InChI=1S/C9H10N4O3/c1-6(11-12-9(10)14)7-3-2-4-8(5-7)13(15)16/h2-5H,1H3,(H3,10,12,14)/b11-6-. The molecule has 0 bridgehead atoms. The highest BCUT2D eigenvalue weighted by Crippen LogP contribution is 2.13. The first-order chi connectivity index (χ1) is 7.50. The SMILES string of the molecule is C/C(=N/NC(N)=O)c1cccc([N+](=O)[O-])c1. The number of primary amides is 1. The molecular formula is C9H10N4O3. The van der Waals surface area contributed by atoms with Crippen LogP contribution in [-0.2, 0) is 0 Å². The first-order valence-corrected chi connectivity index (χ1v) is 4.35. The Kier molecular flexibility index (Phi) is 3.54. The van der Waals surface area contributed by atoms with Crippen LogP contribution in [0, 0.1) is 10.1 Å². The molecule has 0 atom stereocenters. The van der Waals surface area contributed by atoms with E-state index >= 15 is 0 Å². The average molecular weight is 222 g/mol. The van der Waals surface area contributed by atoms with Crippen LogP contribution in [-0.4, -0.2) is 16.7 Å². The molecule has 2 amide bonds. The summed E-state index contributed by atoms with van der Waals surface area (Å²) in [7, 11) is 0. The summed E-state index contributed by atoms with van der Waals surface area (Å²) in [6.07, 6.45) is 0. The predicted molar refractivity (Wildman–Crippen MR) is 58.0 cm³/mol.